The zero-order valence-corrected chi connectivity index (χ0v) is 12.7. The number of hydrogen-bond donors (Lipinski definition) is 0. The Bertz CT molecular complexity index is 589. The average Bonchev–Trinajstić information content (AvgIpc) is 2.39. The Morgan fingerprint density at radius 3 is 2.32 bits per heavy atom. The predicted octanol–water partition coefficient (Wildman–Crippen LogP) is 3.45. The predicted molar refractivity (Wildman–Crippen MR) is 72.6 cm³/mol. The number of rotatable bonds is 4. The van der Waals surface area contributed by atoms with Crippen LogP contribution >= 0.6 is 11.6 Å². The normalized spacial score (nSPS) is 11.2. The van der Waals surface area contributed by atoms with Crippen LogP contribution in [0, 0.1) is 0 Å². The number of amides is 1. The first-order valence-corrected chi connectivity index (χ1v) is 6.44. The molecule has 9 heteroatoms. The molecule has 122 valence electrons. The molecule has 0 heterocycles. The van der Waals surface area contributed by atoms with Crippen LogP contribution in [0.1, 0.15) is 29.8 Å². The summed E-state index contributed by atoms with van der Waals surface area (Å²) in [5.74, 6) is -1.74. The van der Waals surface area contributed by atoms with Gasteiger partial charge in [0.2, 0.25) is 5.91 Å². The van der Waals surface area contributed by atoms with E-state index in [2.05, 4.69) is 4.84 Å². The van der Waals surface area contributed by atoms with E-state index < -0.39 is 34.3 Å². The highest BCUT2D eigenvalue weighted by Crippen LogP contribution is 2.42. The minimum atomic E-state index is -4.79. The second-order valence-corrected chi connectivity index (χ2v) is 4.42. The number of nitrogens with zero attached hydrogens (tertiary/aromatic N) is 1. The van der Waals surface area contributed by atoms with E-state index in [1.807, 2.05) is 0 Å². The average molecular weight is 340 g/mol. The van der Waals surface area contributed by atoms with Gasteiger partial charge in [-0.15, -0.1) is 0 Å². The van der Waals surface area contributed by atoms with Crippen molar-refractivity contribution in [3.8, 4) is 0 Å². The molecule has 0 aromatic heterocycles. The van der Waals surface area contributed by atoms with Crippen molar-refractivity contribution in [2.75, 3.05) is 18.8 Å². The minimum Gasteiger partial charge on any atom is -0.462 e. The maximum Gasteiger partial charge on any atom is 0.418 e. The highest BCUT2D eigenvalue weighted by atomic mass is 35.5. The largest absolute Gasteiger partial charge is 0.462 e. The molecule has 0 fully saturated rings. The molecular weight excluding hydrogens is 327 g/mol. The van der Waals surface area contributed by atoms with Crippen LogP contribution < -0.4 is 5.06 Å². The number of ether oxygens (including phenoxy) is 1. The van der Waals surface area contributed by atoms with Crippen LogP contribution in [0.4, 0.5) is 18.9 Å². The van der Waals surface area contributed by atoms with Crippen molar-refractivity contribution < 1.29 is 32.3 Å². The molecule has 0 bridgehead atoms. The fraction of sp³-hybridized carbons (Fsp3) is 0.385. The number of carbonyl (C=O) groups excluding carboxylic acids is 2. The Labute approximate surface area is 129 Å². The number of hydrogen-bond acceptors (Lipinski definition) is 4. The van der Waals surface area contributed by atoms with Crippen LogP contribution in [0.5, 0.6) is 0 Å². The summed E-state index contributed by atoms with van der Waals surface area (Å²) < 4.78 is 44.0. The third kappa shape index (κ3) is 3.69. The van der Waals surface area contributed by atoms with Crippen molar-refractivity contribution in [3.63, 3.8) is 0 Å². The number of benzene rings is 1. The van der Waals surface area contributed by atoms with Gasteiger partial charge in [0, 0.05) is 6.92 Å². The van der Waals surface area contributed by atoms with Gasteiger partial charge in [-0.05, 0) is 19.1 Å². The van der Waals surface area contributed by atoms with E-state index in [1.165, 1.54) is 6.92 Å². The summed E-state index contributed by atoms with van der Waals surface area (Å²) in [4.78, 5) is 27.9. The van der Waals surface area contributed by atoms with Crippen molar-refractivity contribution in [3.05, 3.63) is 28.3 Å². The molecule has 0 aliphatic heterocycles. The van der Waals surface area contributed by atoms with E-state index in [1.54, 1.807) is 0 Å². The molecule has 1 rings (SSSR count). The molecule has 0 aliphatic carbocycles. The number of esters is 1. The van der Waals surface area contributed by atoms with Crippen molar-refractivity contribution in [2.45, 2.75) is 20.0 Å². The van der Waals surface area contributed by atoms with Crippen LogP contribution in [-0.2, 0) is 20.5 Å². The van der Waals surface area contributed by atoms with Gasteiger partial charge in [-0.1, -0.05) is 11.6 Å². The summed E-state index contributed by atoms with van der Waals surface area (Å²) >= 11 is 5.89. The van der Waals surface area contributed by atoms with Gasteiger partial charge in [0.25, 0.3) is 0 Å². The summed E-state index contributed by atoms with van der Waals surface area (Å²) in [6.07, 6.45) is -4.79. The Morgan fingerprint density at radius 2 is 1.91 bits per heavy atom. The van der Waals surface area contributed by atoms with E-state index in [4.69, 9.17) is 16.3 Å². The SMILES string of the molecule is CCOC(=O)c1ccc(C(F)(F)F)c(N(OC)C(C)=O)c1Cl. The zero-order valence-electron chi connectivity index (χ0n) is 12.0. The van der Waals surface area contributed by atoms with Crippen LogP contribution in [0.3, 0.4) is 0 Å². The van der Waals surface area contributed by atoms with Gasteiger partial charge < -0.3 is 4.74 Å². The first-order valence-electron chi connectivity index (χ1n) is 6.06. The number of halogens is 4. The van der Waals surface area contributed by atoms with Crippen molar-refractivity contribution >= 4 is 29.2 Å². The molecule has 0 saturated heterocycles. The molecule has 0 spiro atoms. The highest BCUT2D eigenvalue weighted by molar-refractivity contribution is 6.36. The lowest BCUT2D eigenvalue weighted by Gasteiger charge is -2.24. The fourth-order valence-corrected chi connectivity index (χ4v) is 2.05. The summed E-state index contributed by atoms with van der Waals surface area (Å²) in [5, 5.41) is -0.209. The maximum atomic E-state index is 13.1. The van der Waals surface area contributed by atoms with Crippen LogP contribution in [0.25, 0.3) is 0 Å². The Kier molecular flexibility index (Phi) is 5.78. The molecule has 0 radical (unpaired) electrons. The molecule has 22 heavy (non-hydrogen) atoms. The lowest BCUT2D eigenvalue weighted by atomic mass is 10.1. The van der Waals surface area contributed by atoms with Crippen LogP contribution in [0.2, 0.25) is 5.02 Å². The minimum absolute atomic E-state index is 0.0201. The van der Waals surface area contributed by atoms with Crippen molar-refractivity contribution in [1.82, 2.24) is 0 Å². The van der Waals surface area contributed by atoms with E-state index >= 15 is 0 Å². The molecule has 0 aliphatic rings. The van der Waals surface area contributed by atoms with Gasteiger partial charge in [-0.25, -0.2) is 4.79 Å². The maximum absolute atomic E-state index is 13.1. The number of alkyl halides is 3. The molecule has 0 atom stereocenters. The monoisotopic (exact) mass is 339 g/mol. The summed E-state index contributed by atoms with van der Waals surface area (Å²) in [7, 11) is 1.01. The van der Waals surface area contributed by atoms with E-state index in [-0.39, 0.29) is 12.2 Å². The van der Waals surface area contributed by atoms with Crippen LogP contribution in [0.15, 0.2) is 12.1 Å². The fourth-order valence-electron chi connectivity index (χ4n) is 1.74. The summed E-state index contributed by atoms with van der Waals surface area (Å²) in [5.41, 5.74) is -2.26. The molecule has 1 aromatic rings. The Morgan fingerprint density at radius 1 is 1.32 bits per heavy atom. The van der Waals surface area contributed by atoms with Crippen LogP contribution in [-0.4, -0.2) is 25.6 Å². The third-order valence-electron chi connectivity index (χ3n) is 2.59. The van der Waals surface area contributed by atoms with E-state index in [0.717, 1.165) is 20.1 Å². The van der Waals surface area contributed by atoms with Crippen molar-refractivity contribution in [2.24, 2.45) is 0 Å². The number of anilines is 1. The van der Waals surface area contributed by atoms with E-state index in [0.29, 0.717) is 11.1 Å². The number of carbonyl (C=O) groups is 2. The highest BCUT2D eigenvalue weighted by Gasteiger charge is 2.38. The van der Waals surface area contributed by atoms with Gasteiger partial charge in [0.1, 0.15) is 5.69 Å². The molecule has 0 saturated carbocycles. The molecular formula is C13H13ClF3NO4. The molecule has 5 nitrogen and oxygen atoms in total. The lowest BCUT2D eigenvalue weighted by Crippen LogP contribution is -2.30. The van der Waals surface area contributed by atoms with Gasteiger partial charge in [-0.2, -0.15) is 18.2 Å². The first kappa shape index (κ1) is 18.2. The Balaban J connectivity index is 3.62. The Hall–Kier alpha value is -1.80. The molecule has 0 N–H and O–H groups in total. The van der Waals surface area contributed by atoms with Crippen molar-refractivity contribution in [1.29, 1.82) is 0 Å². The van der Waals surface area contributed by atoms with E-state index in [9.17, 15) is 22.8 Å². The first-order chi connectivity index (χ1) is 10.1. The number of hydroxylamine groups is 1. The lowest BCUT2D eigenvalue weighted by molar-refractivity contribution is -0.138. The molecule has 1 amide bonds. The second-order valence-electron chi connectivity index (χ2n) is 4.04. The summed E-state index contributed by atoms with van der Waals surface area (Å²) in [6, 6.07) is 1.53. The second kappa shape index (κ2) is 6.97. The molecule has 0 unspecified atom stereocenters. The van der Waals surface area contributed by atoms with Gasteiger partial charge >= 0.3 is 12.1 Å². The quantitative estimate of drug-likeness (QED) is 0.623. The third-order valence-corrected chi connectivity index (χ3v) is 2.97. The smallest absolute Gasteiger partial charge is 0.418 e. The van der Waals surface area contributed by atoms with Gasteiger partial charge in [-0.3, -0.25) is 9.63 Å². The van der Waals surface area contributed by atoms with Gasteiger partial charge in [0.15, 0.2) is 0 Å². The zero-order chi connectivity index (χ0) is 17.1. The standard InChI is InChI=1S/C13H13ClF3NO4/c1-4-22-12(20)8-5-6-9(13(15,16)17)11(10(8)14)18(21-3)7(2)19/h5-6H,4H2,1-3H3. The van der Waals surface area contributed by atoms with Gasteiger partial charge in [0.05, 0.1) is 29.9 Å². The summed E-state index contributed by atoms with van der Waals surface area (Å²) in [6.45, 7) is 2.55. The topological polar surface area (TPSA) is 55.8 Å². The molecule has 1 aromatic carbocycles.